The summed E-state index contributed by atoms with van der Waals surface area (Å²) in [4.78, 5) is 0. The molecule has 1 aromatic carbocycles. The van der Waals surface area contributed by atoms with Gasteiger partial charge in [-0.05, 0) is 34.1 Å². The Balaban J connectivity index is 2.42. The van der Waals surface area contributed by atoms with Crippen LogP contribution in [0.5, 0.6) is 0 Å². The average Bonchev–Trinajstić information content (AvgIpc) is 2.74. The van der Waals surface area contributed by atoms with Gasteiger partial charge in [0, 0.05) is 10.0 Å². The zero-order chi connectivity index (χ0) is 10.8. The molecular weight excluding hydrogens is 258 g/mol. The number of rotatable bonds is 2. The number of para-hydroxylation sites is 1. The van der Waals surface area contributed by atoms with E-state index >= 15 is 0 Å². The lowest BCUT2D eigenvalue weighted by molar-refractivity contribution is 0.190. The summed E-state index contributed by atoms with van der Waals surface area (Å²) in [5, 5.41) is 9.99. The fourth-order valence-corrected chi connectivity index (χ4v) is 1.77. The molecule has 0 radical (unpaired) electrons. The Hall–Kier alpha value is -1.26. The van der Waals surface area contributed by atoms with Gasteiger partial charge in [-0.15, -0.1) is 0 Å². The molecule has 0 aliphatic heterocycles. The van der Waals surface area contributed by atoms with Crippen molar-refractivity contribution in [2.75, 3.05) is 5.73 Å². The van der Waals surface area contributed by atoms with E-state index in [1.807, 2.05) is 12.1 Å². The predicted octanol–water partition coefficient (Wildman–Crippen LogP) is 2.71. The minimum absolute atomic E-state index is 0.486. The second-order valence-electron chi connectivity index (χ2n) is 3.16. The lowest BCUT2D eigenvalue weighted by Crippen LogP contribution is -2.03. The van der Waals surface area contributed by atoms with E-state index in [9.17, 15) is 5.11 Å². The number of furan rings is 1. The maximum absolute atomic E-state index is 9.99. The highest BCUT2D eigenvalue weighted by Crippen LogP contribution is 2.31. The maximum atomic E-state index is 9.99. The largest absolute Gasteiger partial charge is 0.466 e. The van der Waals surface area contributed by atoms with E-state index in [-0.39, 0.29) is 0 Å². The molecule has 1 unspecified atom stereocenters. The summed E-state index contributed by atoms with van der Waals surface area (Å²) in [7, 11) is 0. The normalized spacial score (nSPS) is 12.7. The van der Waals surface area contributed by atoms with Crippen LogP contribution >= 0.6 is 15.9 Å². The number of nitrogen functional groups attached to an aromatic ring is 1. The molecule has 1 atom stereocenters. The molecule has 0 amide bonds. The zero-order valence-corrected chi connectivity index (χ0v) is 9.44. The highest BCUT2D eigenvalue weighted by molar-refractivity contribution is 9.10. The third-order valence-corrected chi connectivity index (χ3v) is 2.89. The van der Waals surface area contributed by atoms with E-state index in [2.05, 4.69) is 15.9 Å². The van der Waals surface area contributed by atoms with Crippen LogP contribution in [-0.4, -0.2) is 5.11 Å². The van der Waals surface area contributed by atoms with Gasteiger partial charge in [-0.1, -0.05) is 12.1 Å². The Labute approximate surface area is 95.6 Å². The first-order chi connectivity index (χ1) is 7.20. The summed E-state index contributed by atoms with van der Waals surface area (Å²) in [5.74, 6) is 0.486. The van der Waals surface area contributed by atoms with Crippen LogP contribution in [0.1, 0.15) is 17.4 Å². The van der Waals surface area contributed by atoms with Crippen molar-refractivity contribution >= 4 is 21.6 Å². The van der Waals surface area contributed by atoms with Crippen molar-refractivity contribution < 1.29 is 9.52 Å². The smallest absolute Gasteiger partial charge is 0.139 e. The van der Waals surface area contributed by atoms with Crippen molar-refractivity contribution in [1.82, 2.24) is 0 Å². The number of aliphatic hydroxyl groups excluding tert-OH is 1. The second-order valence-corrected chi connectivity index (χ2v) is 4.02. The van der Waals surface area contributed by atoms with Crippen LogP contribution in [0.4, 0.5) is 5.69 Å². The van der Waals surface area contributed by atoms with Gasteiger partial charge in [0.05, 0.1) is 12.0 Å². The number of benzene rings is 1. The molecule has 0 saturated heterocycles. The number of halogens is 1. The highest BCUT2D eigenvalue weighted by Gasteiger charge is 2.16. The van der Waals surface area contributed by atoms with Gasteiger partial charge in [0.15, 0.2) is 0 Å². The zero-order valence-electron chi connectivity index (χ0n) is 7.85. The first-order valence-corrected chi connectivity index (χ1v) is 5.25. The van der Waals surface area contributed by atoms with Crippen molar-refractivity contribution in [3.05, 3.63) is 52.4 Å². The molecule has 78 valence electrons. The van der Waals surface area contributed by atoms with E-state index in [1.165, 1.54) is 6.26 Å². The lowest BCUT2D eigenvalue weighted by atomic mass is 10.1. The molecule has 4 heteroatoms. The van der Waals surface area contributed by atoms with E-state index < -0.39 is 6.10 Å². The molecule has 3 nitrogen and oxygen atoms in total. The predicted molar refractivity (Wildman–Crippen MR) is 61.3 cm³/mol. The first kappa shape index (κ1) is 10.3. The summed E-state index contributed by atoms with van der Waals surface area (Å²) < 4.78 is 5.89. The van der Waals surface area contributed by atoms with Crippen LogP contribution in [0.3, 0.4) is 0 Å². The Morgan fingerprint density at radius 2 is 2.07 bits per heavy atom. The molecule has 0 aliphatic rings. The fraction of sp³-hybridized carbons (Fsp3) is 0.0909. The minimum atomic E-state index is -0.822. The summed E-state index contributed by atoms with van der Waals surface area (Å²) in [6.45, 7) is 0. The molecule has 0 saturated carbocycles. The summed E-state index contributed by atoms with van der Waals surface area (Å²) in [6, 6.07) is 8.86. The number of aliphatic hydroxyl groups is 1. The van der Waals surface area contributed by atoms with E-state index in [0.29, 0.717) is 17.0 Å². The maximum Gasteiger partial charge on any atom is 0.139 e. The first-order valence-electron chi connectivity index (χ1n) is 4.45. The van der Waals surface area contributed by atoms with Gasteiger partial charge in [-0.2, -0.15) is 0 Å². The van der Waals surface area contributed by atoms with Crippen LogP contribution in [0, 0.1) is 0 Å². The standard InChI is InChI=1S/C11H10BrNO2/c12-8-4-1-3-7(10(8)13)11(14)9-5-2-6-15-9/h1-6,11,14H,13H2. The summed E-state index contributed by atoms with van der Waals surface area (Å²) >= 11 is 3.31. The number of hydrogen-bond donors (Lipinski definition) is 2. The van der Waals surface area contributed by atoms with E-state index in [1.54, 1.807) is 18.2 Å². The van der Waals surface area contributed by atoms with Crippen molar-refractivity contribution in [3.63, 3.8) is 0 Å². The van der Waals surface area contributed by atoms with Crippen LogP contribution in [0.2, 0.25) is 0 Å². The van der Waals surface area contributed by atoms with Gasteiger partial charge in [0.25, 0.3) is 0 Å². The van der Waals surface area contributed by atoms with Crippen LogP contribution in [0.15, 0.2) is 45.5 Å². The van der Waals surface area contributed by atoms with Crippen LogP contribution < -0.4 is 5.73 Å². The minimum Gasteiger partial charge on any atom is -0.466 e. The van der Waals surface area contributed by atoms with Crippen molar-refractivity contribution in [2.45, 2.75) is 6.10 Å². The fourth-order valence-electron chi connectivity index (χ4n) is 1.39. The second kappa shape index (κ2) is 4.08. The number of hydrogen-bond acceptors (Lipinski definition) is 3. The molecule has 15 heavy (non-hydrogen) atoms. The molecule has 1 aromatic heterocycles. The summed E-state index contributed by atoms with van der Waals surface area (Å²) in [5.41, 5.74) is 7.01. The van der Waals surface area contributed by atoms with E-state index in [0.717, 1.165) is 4.47 Å². The monoisotopic (exact) mass is 267 g/mol. The molecule has 2 aromatic rings. The molecule has 3 N–H and O–H groups in total. The van der Waals surface area contributed by atoms with Gasteiger partial charge < -0.3 is 15.3 Å². The van der Waals surface area contributed by atoms with Crippen molar-refractivity contribution in [2.24, 2.45) is 0 Å². The topological polar surface area (TPSA) is 59.4 Å². The van der Waals surface area contributed by atoms with Gasteiger partial charge in [-0.25, -0.2) is 0 Å². The Kier molecular flexibility index (Phi) is 2.79. The molecule has 0 aliphatic carbocycles. The Bertz CT molecular complexity index is 454. The third kappa shape index (κ3) is 1.91. The van der Waals surface area contributed by atoms with Gasteiger partial charge in [0.2, 0.25) is 0 Å². The van der Waals surface area contributed by atoms with Gasteiger partial charge in [0.1, 0.15) is 11.9 Å². The van der Waals surface area contributed by atoms with E-state index in [4.69, 9.17) is 10.2 Å². The third-order valence-electron chi connectivity index (χ3n) is 2.19. The SMILES string of the molecule is Nc1c(Br)cccc1C(O)c1ccco1. The Morgan fingerprint density at radius 3 is 2.73 bits per heavy atom. The molecule has 0 spiro atoms. The van der Waals surface area contributed by atoms with Gasteiger partial charge in [-0.3, -0.25) is 0 Å². The average molecular weight is 268 g/mol. The number of anilines is 1. The van der Waals surface area contributed by atoms with Crippen LogP contribution in [0.25, 0.3) is 0 Å². The molecular formula is C11H10BrNO2. The molecule has 2 rings (SSSR count). The van der Waals surface area contributed by atoms with Crippen molar-refractivity contribution in [3.8, 4) is 0 Å². The van der Waals surface area contributed by atoms with Gasteiger partial charge >= 0.3 is 0 Å². The molecule has 0 fully saturated rings. The highest BCUT2D eigenvalue weighted by atomic mass is 79.9. The molecule has 1 heterocycles. The van der Waals surface area contributed by atoms with Crippen LogP contribution in [-0.2, 0) is 0 Å². The summed E-state index contributed by atoms with van der Waals surface area (Å²) in [6.07, 6.45) is 0.699. The quantitative estimate of drug-likeness (QED) is 0.823. The number of nitrogens with two attached hydrogens (primary N) is 1. The lowest BCUT2D eigenvalue weighted by Gasteiger charge is -2.11. The van der Waals surface area contributed by atoms with Crippen molar-refractivity contribution in [1.29, 1.82) is 0 Å². The molecule has 0 bridgehead atoms. The Morgan fingerprint density at radius 1 is 1.27 bits per heavy atom.